The summed E-state index contributed by atoms with van der Waals surface area (Å²) in [7, 11) is -2.93. The Bertz CT molecular complexity index is 1270. The van der Waals surface area contributed by atoms with Crippen molar-refractivity contribution in [2.75, 3.05) is 29.9 Å². The fourth-order valence-electron chi connectivity index (χ4n) is 6.69. The summed E-state index contributed by atoms with van der Waals surface area (Å²) < 4.78 is 6.64. The first-order chi connectivity index (χ1) is 18.6. The number of benzene rings is 2. The highest BCUT2D eigenvalue weighted by Gasteiger charge is 2.65. The molecule has 9 nitrogen and oxygen atoms in total. The molecule has 0 radical (unpaired) electrons. The van der Waals surface area contributed by atoms with Crippen LogP contribution in [0.2, 0.25) is 18.6 Å². The van der Waals surface area contributed by atoms with Crippen molar-refractivity contribution < 1.29 is 29.0 Å². The van der Waals surface area contributed by atoms with Gasteiger partial charge in [-0.25, -0.2) is 0 Å². The maximum Gasteiger partial charge on any atom is 0.261 e. The van der Waals surface area contributed by atoms with E-state index in [1.807, 2.05) is 62.5 Å². The van der Waals surface area contributed by atoms with E-state index in [-0.39, 0.29) is 37.3 Å². The fraction of sp³-hybridized carbons (Fsp3) is 0.483. The van der Waals surface area contributed by atoms with Gasteiger partial charge >= 0.3 is 0 Å². The van der Waals surface area contributed by atoms with E-state index in [9.17, 15) is 24.3 Å². The zero-order chi connectivity index (χ0) is 27.9. The molecule has 0 bridgehead atoms. The maximum absolute atomic E-state index is 13.6. The van der Waals surface area contributed by atoms with Crippen LogP contribution in [-0.4, -0.2) is 66.6 Å². The summed E-state index contributed by atoms with van der Waals surface area (Å²) in [4.78, 5) is 54.4. The molecule has 1 spiro atoms. The largest absolute Gasteiger partial charge is 0.432 e. The number of carbonyl (C=O) groups is 3. The minimum atomic E-state index is -2.93. The molecule has 3 aliphatic rings. The number of fused-ring (bicyclic) bond motifs is 2. The molecule has 0 saturated carbocycles. The summed E-state index contributed by atoms with van der Waals surface area (Å²) in [5.74, 6) is -0.882. The highest BCUT2D eigenvalue weighted by atomic mass is 28.4. The van der Waals surface area contributed by atoms with Crippen molar-refractivity contribution in [2.24, 2.45) is 5.92 Å². The third kappa shape index (κ3) is 4.90. The van der Waals surface area contributed by atoms with Gasteiger partial charge in [0.1, 0.15) is 0 Å². The summed E-state index contributed by atoms with van der Waals surface area (Å²) in [6.45, 7) is 6.50. The lowest BCUT2D eigenvalue weighted by molar-refractivity contribution is -0.148. The number of anilines is 2. The van der Waals surface area contributed by atoms with E-state index in [1.165, 1.54) is 0 Å². The molecule has 3 amide bonds. The van der Waals surface area contributed by atoms with Gasteiger partial charge in [-0.15, -0.1) is 0 Å². The fourth-order valence-corrected chi connectivity index (χ4v) is 9.25. The zero-order valence-electron chi connectivity index (χ0n) is 22.7. The van der Waals surface area contributed by atoms with Crippen LogP contribution in [0.4, 0.5) is 11.4 Å². The molecule has 39 heavy (non-hydrogen) atoms. The Balaban J connectivity index is 1.47. The van der Waals surface area contributed by atoms with E-state index < -0.39 is 31.5 Å². The Kier molecular flexibility index (Phi) is 7.40. The first-order valence-electron chi connectivity index (χ1n) is 13.7. The zero-order valence-corrected chi connectivity index (χ0v) is 23.7. The second-order valence-electron chi connectivity index (χ2n) is 11.4. The van der Waals surface area contributed by atoms with Crippen molar-refractivity contribution in [3.05, 3.63) is 59.7 Å². The third-order valence-corrected chi connectivity index (χ3v) is 10.9. The van der Waals surface area contributed by atoms with Gasteiger partial charge in [-0.05, 0) is 43.3 Å². The van der Waals surface area contributed by atoms with Crippen LogP contribution in [0.3, 0.4) is 0 Å². The molecule has 208 valence electrons. The van der Waals surface area contributed by atoms with Crippen molar-refractivity contribution >= 4 is 37.4 Å². The number of nitrogens with one attached hydrogen (secondary N) is 1. The molecule has 3 aliphatic heterocycles. The van der Waals surface area contributed by atoms with Crippen molar-refractivity contribution in [1.29, 1.82) is 0 Å². The molecular formula is C29H37N3O6Si. The van der Waals surface area contributed by atoms with Gasteiger partial charge in [0.2, 0.25) is 11.8 Å². The van der Waals surface area contributed by atoms with Gasteiger partial charge < -0.3 is 29.8 Å². The molecule has 2 aromatic carbocycles. The number of ether oxygens (including phenoxy) is 1. The molecule has 0 aromatic heterocycles. The number of rotatable bonds is 8. The van der Waals surface area contributed by atoms with Crippen LogP contribution < -0.4 is 10.2 Å². The quantitative estimate of drug-likeness (QED) is 0.434. The van der Waals surface area contributed by atoms with Crippen molar-refractivity contribution in [2.45, 2.75) is 63.1 Å². The van der Waals surface area contributed by atoms with E-state index in [2.05, 4.69) is 5.32 Å². The molecule has 5 rings (SSSR count). The highest BCUT2D eigenvalue weighted by Crippen LogP contribution is 2.58. The minimum Gasteiger partial charge on any atom is -0.432 e. The Morgan fingerprint density at radius 2 is 1.95 bits per heavy atom. The predicted octanol–water partition coefficient (Wildman–Crippen LogP) is 2.97. The van der Waals surface area contributed by atoms with Gasteiger partial charge in [0.15, 0.2) is 13.9 Å². The predicted molar refractivity (Wildman–Crippen MR) is 149 cm³/mol. The normalized spacial score (nSPS) is 26.3. The molecule has 4 atom stereocenters. The lowest BCUT2D eigenvalue weighted by Crippen LogP contribution is -2.44. The van der Waals surface area contributed by atoms with E-state index in [0.717, 1.165) is 17.7 Å². The van der Waals surface area contributed by atoms with Crippen LogP contribution in [0.5, 0.6) is 0 Å². The summed E-state index contributed by atoms with van der Waals surface area (Å²) >= 11 is 0. The second-order valence-corrected chi connectivity index (χ2v) is 15.4. The van der Waals surface area contributed by atoms with Crippen LogP contribution in [0.25, 0.3) is 0 Å². The molecule has 10 heteroatoms. The van der Waals surface area contributed by atoms with E-state index in [0.29, 0.717) is 30.8 Å². The molecule has 0 aliphatic carbocycles. The van der Waals surface area contributed by atoms with Crippen LogP contribution in [-0.2, 0) is 31.3 Å². The lowest BCUT2D eigenvalue weighted by Gasteiger charge is -2.32. The van der Waals surface area contributed by atoms with Gasteiger partial charge in [0.25, 0.3) is 5.91 Å². The van der Waals surface area contributed by atoms with E-state index in [1.54, 1.807) is 15.9 Å². The highest BCUT2D eigenvalue weighted by molar-refractivity contribution is 6.71. The molecule has 3 N–H and O–H groups in total. The molecule has 0 unspecified atom stereocenters. The Hall–Kier alpha value is -3.05. The Morgan fingerprint density at radius 3 is 2.59 bits per heavy atom. The SMILES string of the molecule is C[C@H]1[C@H]([Si](C)(C)O)[C@@H](CC(=O)N(CCO)Cc2ccccc2)O[C@]12C(=O)Nc1ccc(N3CCCC3=O)cc12. The van der Waals surface area contributed by atoms with Crippen LogP contribution >= 0.6 is 0 Å². The van der Waals surface area contributed by atoms with Crippen LogP contribution in [0.15, 0.2) is 48.5 Å². The summed E-state index contributed by atoms with van der Waals surface area (Å²) in [6, 6.07) is 15.1. The lowest BCUT2D eigenvalue weighted by atomic mass is 9.82. The first-order valence-corrected chi connectivity index (χ1v) is 16.7. The molecular weight excluding hydrogens is 514 g/mol. The van der Waals surface area contributed by atoms with Gasteiger partial charge in [-0.3, -0.25) is 14.4 Å². The minimum absolute atomic E-state index is 0.0203. The second kappa shape index (κ2) is 10.5. The Labute approximate surface area is 229 Å². The van der Waals surface area contributed by atoms with E-state index in [4.69, 9.17) is 4.74 Å². The smallest absolute Gasteiger partial charge is 0.261 e. The van der Waals surface area contributed by atoms with E-state index >= 15 is 0 Å². The molecule has 2 fully saturated rings. The number of carbonyl (C=O) groups excluding carboxylic acids is 3. The monoisotopic (exact) mass is 551 g/mol. The topological polar surface area (TPSA) is 119 Å². The van der Waals surface area contributed by atoms with Crippen molar-refractivity contribution in [1.82, 2.24) is 4.90 Å². The maximum atomic E-state index is 13.6. The summed E-state index contributed by atoms with van der Waals surface area (Å²) in [6.07, 6.45) is 0.573. The molecule has 3 heterocycles. The number of aliphatic hydroxyl groups excluding tert-OH is 1. The first kappa shape index (κ1) is 27.5. The Morgan fingerprint density at radius 1 is 1.21 bits per heavy atom. The van der Waals surface area contributed by atoms with Gasteiger partial charge in [-0.1, -0.05) is 37.3 Å². The number of aliphatic hydroxyl groups is 1. The van der Waals surface area contributed by atoms with Crippen LogP contribution in [0, 0.1) is 5.92 Å². The number of hydrogen-bond acceptors (Lipinski definition) is 6. The van der Waals surface area contributed by atoms with Crippen molar-refractivity contribution in [3.63, 3.8) is 0 Å². The average Bonchev–Trinajstić information content (AvgIpc) is 3.53. The van der Waals surface area contributed by atoms with Gasteiger partial charge in [0, 0.05) is 54.5 Å². The van der Waals surface area contributed by atoms with Crippen molar-refractivity contribution in [3.8, 4) is 0 Å². The molecule has 2 aromatic rings. The standard InChI is InChI=1S/C29H37N3O6Si/c1-19-27(39(2,3)37)24(17-26(35)31(14-15-33)18-20-8-5-4-6-9-20)38-29(19)22-16-21(32-13-7-10-25(32)34)11-12-23(22)30-28(29)36/h4-6,8-9,11-12,16,19,24,27,33,37H,7,10,13-15,17-18H2,1-3H3,(H,30,36)/t19-,24+,27-,29+/m0/s1. The summed E-state index contributed by atoms with van der Waals surface area (Å²) in [5.41, 5.74) is 1.15. The van der Waals surface area contributed by atoms with Gasteiger partial charge in [-0.2, -0.15) is 0 Å². The number of amides is 3. The average molecular weight is 552 g/mol. The van der Waals surface area contributed by atoms with Gasteiger partial charge in [0.05, 0.1) is 19.1 Å². The number of hydrogen-bond donors (Lipinski definition) is 3. The summed E-state index contributed by atoms with van der Waals surface area (Å²) in [5, 5.41) is 12.6. The third-order valence-electron chi connectivity index (χ3n) is 8.42. The number of nitrogens with zero attached hydrogens (tertiary/aromatic N) is 2. The molecule has 2 saturated heterocycles. The van der Waals surface area contributed by atoms with Crippen LogP contribution in [0.1, 0.15) is 37.3 Å².